The Balaban J connectivity index is 1.74. The highest BCUT2D eigenvalue weighted by Crippen LogP contribution is 2.19. The zero-order valence-corrected chi connectivity index (χ0v) is 14.6. The van der Waals surface area contributed by atoms with Crippen LogP contribution in [-0.4, -0.2) is 66.6 Å². The van der Waals surface area contributed by atoms with Crippen molar-refractivity contribution in [3.8, 4) is 0 Å². The minimum Gasteiger partial charge on any atom is -0.388 e. The van der Waals surface area contributed by atoms with Gasteiger partial charge in [-0.2, -0.15) is 0 Å². The van der Waals surface area contributed by atoms with E-state index in [-0.39, 0.29) is 18.4 Å². The van der Waals surface area contributed by atoms with Crippen molar-refractivity contribution in [2.75, 3.05) is 39.8 Å². The number of nitrogens with one attached hydrogen (secondary N) is 1. The molecule has 0 saturated carbocycles. The molecule has 0 spiro atoms. The van der Waals surface area contributed by atoms with Crippen molar-refractivity contribution in [2.45, 2.75) is 25.5 Å². The zero-order valence-electron chi connectivity index (χ0n) is 13.8. The number of aliphatic hydroxyl groups excluding tert-OH is 1. The van der Waals surface area contributed by atoms with E-state index in [4.69, 9.17) is 11.6 Å². The molecule has 1 aromatic rings. The van der Waals surface area contributed by atoms with Gasteiger partial charge in [0.2, 0.25) is 5.91 Å². The molecular weight excluding hydrogens is 314 g/mol. The molecule has 2 N–H and O–H groups in total. The fourth-order valence-corrected chi connectivity index (χ4v) is 2.90. The van der Waals surface area contributed by atoms with Gasteiger partial charge in [0.05, 0.1) is 12.5 Å². The standard InChI is InChI=1S/C17H26ClN3O2/c1-13(12-21-9-7-20(2)8-10-21)19-17(23)11-16(22)14-3-5-15(18)6-4-14/h3-6,13,16,22H,7-12H2,1-2H3,(H,19,23). The van der Waals surface area contributed by atoms with Crippen molar-refractivity contribution in [1.82, 2.24) is 15.1 Å². The van der Waals surface area contributed by atoms with Crippen LogP contribution in [0.5, 0.6) is 0 Å². The number of carbonyl (C=O) groups excluding carboxylic acids is 1. The number of benzene rings is 1. The lowest BCUT2D eigenvalue weighted by molar-refractivity contribution is -0.123. The highest BCUT2D eigenvalue weighted by molar-refractivity contribution is 6.30. The highest BCUT2D eigenvalue weighted by Gasteiger charge is 2.18. The minimum atomic E-state index is -0.803. The summed E-state index contributed by atoms with van der Waals surface area (Å²) in [6.07, 6.45) is -0.738. The minimum absolute atomic E-state index is 0.0642. The number of hydrogen-bond donors (Lipinski definition) is 2. The van der Waals surface area contributed by atoms with Gasteiger partial charge in [-0.05, 0) is 31.7 Å². The molecule has 0 bridgehead atoms. The molecule has 128 valence electrons. The van der Waals surface area contributed by atoms with Crippen molar-refractivity contribution >= 4 is 17.5 Å². The first-order chi connectivity index (χ1) is 10.9. The SMILES string of the molecule is CC(CN1CCN(C)CC1)NC(=O)CC(O)c1ccc(Cl)cc1. The van der Waals surface area contributed by atoms with E-state index < -0.39 is 6.10 Å². The fourth-order valence-electron chi connectivity index (χ4n) is 2.78. The van der Waals surface area contributed by atoms with E-state index in [1.54, 1.807) is 24.3 Å². The summed E-state index contributed by atoms with van der Waals surface area (Å²) in [5, 5.41) is 13.7. The summed E-state index contributed by atoms with van der Waals surface area (Å²) in [5.74, 6) is -0.130. The number of piperazine rings is 1. The molecular formula is C17H26ClN3O2. The van der Waals surface area contributed by atoms with Gasteiger partial charge in [-0.1, -0.05) is 23.7 Å². The van der Waals surface area contributed by atoms with Gasteiger partial charge in [-0.25, -0.2) is 0 Å². The summed E-state index contributed by atoms with van der Waals surface area (Å²) in [6.45, 7) is 7.04. The van der Waals surface area contributed by atoms with E-state index in [1.807, 2.05) is 6.92 Å². The third-order valence-electron chi connectivity index (χ3n) is 4.17. The molecule has 1 saturated heterocycles. The first-order valence-corrected chi connectivity index (χ1v) is 8.45. The van der Waals surface area contributed by atoms with E-state index in [0.717, 1.165) is 32.7 Å². The van der Waals surface area contributed by atoms with Gasteiger partial charge in [-0.3, -0.25) is 9.69 Å². The smallest absolute Gasteiger partial charge is 0.223 e. The molecule has 6 heteroatoms. The third-order valence-corrected chi connectivity index (χ3v) is 4.42. The van der Waals surface area contributed by atoms with Gasteiger partial charge >= 0.3 is 0 Å². The molecule has 1 heterocycles. The van der Waals surface area contributed by atoms with Crippen LogP contribution >= 0.6 is 11.6 Å². The third kappa shape index (κ3) is 6.11. The molecule has 1 amide bonds. The number of hydrogen-bond acceptors (Lipinski definition) is 4. The Kier molecular flexibility index (Phi) is 6.84. The van der Waals surface area contributed by atoms with Crippen LogP contribution in [0.4, 0.5) is 0 Å². The van der Waals surface area contributed by atoms with Gasteiger partial charge in [0, 0.05) is 43.8 Å². The summed E-state index contributed by atoms with van der Waals surface area (Å²) < 4.78 is 0. The molecule has 0 aromatic heterocycles. The number of rotatable bonds is 6. The van der Waals surface area contributed by atoms with Crippen LogP contribution in [0.3, 0.4) is 0 Å². The molecule has 1 aromatic carbocycles. The normalized spacial score (nSPS) is 19.3. The number of likely N-dealkylation sites (N-methyl/N-ethyl adjacent to an activating group) is 1. The average molecular weight is 340 g/mol. The Hall–Kier alpha value is -1.14. The molecule has 0 radical (unpaired) electrons. The quantitative estimate of drug-likeness (QED) is 0.825. The van der Waals surface area contributed by atoms with Crippen LogP contribution in [0.1, 0.15) is 25.0 Å². The van der Waals surface area contributed by atoms with Gasteiger partial charge < -0.3 is 15.3 Å². The second kappa shape index (κ2) is 8.64. The monoisotopic (exact) mass is 339 g/mol. The number of nitrogens with zero attached hydrogens (tertiary/aromatic N) is 2. The number of aliphatic hydroxyl groups is 1. The van der Waals surface area contributed by atoms with Crippen molar-refractivity contribution in [3.05, 3.63) is 34.9 Å². The van der Waals surface area contributed by atoms with E-state index in [2.05, 4.69) is 22.2 Å². The van der Waals surface area contributed by atoms with Crippen molar-refractivity contribution in [1.29, 1.82) is 0 Å². The molecule has 2 atom stereocenters. The van der Waals surface area contributed by atoms with Crippen LogP contribution in [0.2, 0.25) is 5.02 Å². The first-order valence-electron chi connectivity index (χ1n) is 8.08. The summed E-state index contributed by atoms with van der Waals surface area (Å²) >= 11 is 5.82. The van der Waals surface area contributed by atoms with Crippen LogP contribution in [0.15, 0.2) is 24.3 Å². The maximum atomic E-state index is 12.1. The van der Waals surface area contributed by atoms with Crippen LogP contribution in [0, 0.1) is 0 Å². The molecule has 0 aliphatic carbocycles. The van der Waals surface area contributed by atoms with Gasteiger partial charge in [-0.15, -0.1) is 0 Å². The maximum Gasteiger partial charge on any atom is 0.223 e. The van der Waals surface area contributed by atoms with Crippen molar-refractivity contribution in [2.24, 2.45) is 0 Å². The Labute approximate surface area is 143 Å². The maximum absolute atomic E-state index is 12.1. The van der Waals surface area contributed by atoms with Gasteiger partial charge in [0.25, 0.3) is 0 Å². The molecule has 1 aliphatic rings. The molecule has 1 aliphatic heterocycles. The fraction of sp³-hybridized carbons (Fsp3) is 0.588. The zero-order chi connectivity index (χ0) is 16.8. The summed E-state index contributed by atoms with van der Waals surface area (Å²) in [4.78, 5) is 16.7. The molecule has 23 heavy (non-hydrogen) atoms. The number of halogens is 1. The molecule has 2 unspecified atom stereocenters. The van der Waals surface area contributed by atoms with E-state index in [0.29, 0.717) is 10.6 Å². The molecule has 5 nitrogen and oxygen atoms in total. The summed E-state index contributed by atoms with van der Waals surface area (Å²) in [5.41, 5.74) is 0.705. The second-order valence-electron chi connectivity index (χ2n) is 6.34. The Morgan fingerprint density at radius 1 is 1.26 bits per heavy atom. The summed E-state index contributed by atoms with van der Waals surface area (Å²) in [6, 6.07) is 6.99. The Morgan fingerprint density at radius 2 is 1.87 bits per heavy atom. The molecule has 1 fully saturated rings. The van der Waals surface area contributed by atoms with Gasteiger partial charge in [0.15, 0.2) is 0 Å². The lowest BCUT2D eigenvalue weighted by Gasteiger charge is -2.34. The van der Waals surface area contributed by atoms with Crippen LogP contribution in [0.25, 0.3) is 0 Å². The predicted octanol–water partition coefficient (Wildman–Crippen LogP) is 1.52. The van der Waals surface area contributed by atoms with Crippen molar-refractivity contribution < 1.29 is 9.90 Å². The summed E-state index contributed by atoms with van der Waals surface area (Å²) in [7, 11) is 2.13. The number of carbonyl (C=O) groups is 1. The van der Waals surface area contributed by atoms with Gasteiger partial charge in [0.1, 0.15) is 0 Å². The van der Waals surface area contributed by atoms with Crippen molar-refractivity contribution in [3.63, 3.8) is 0 Å². The largest absolute Gasteiger partial charge is 0.388 e. The average Bonchev–Trinajstić information content (AvgIpc) is 2.50. The topological polar surface area (TPSA) is 55.8 Å². The Bertz CT molecular complexity index is 501. The Morgan fingerprint density at radius 3 is 2.48 bits per heavy atom. The molecule has 2 rings (SSSR count). The first kappa shape index (κ1) is 18.2. The van der Waals surface area contributed by atoms with Crippen LogP contribution in [-0.2, 0) is 4.79 Å². The predicted molar refractivity (Wildman–Crippen MR) is 92.6 cm³/mol. The lowest BCUT2D eigenvalue weighted by Crippen LogP contribution is -2.49. The second-order valence-corrected chi connectivity index (χ2v) is 6.78. The van der Waals surface area contributed by atoms with Crippen LogP contribution < -0.4 is 5.32 Å². The number of amides is 1. The lowest BCUT2D eigenvalue weighted by atomic mass is 10.1. The highest BCUT2D eigenvalue weighted by atomic mass is 35.5. The van der Waals surface area contributed by atoms with E-state index in [1.165, 1.54) is 0 Å². The van der Waals surface area contributed by atoms with E-state index in [9.17, 15) is 9.90 Å². The van der Waals surface area contributed by atoms with E-state index >= 15 is 0 Å².